The Morgan fingerprint density at radius 2 is 1.58 bits per heavy atom. The van der Waals surface area contributed by atoms with Crippen LogP contribution >= 0.6 is 0 Å². The van der Waals surface area contributed by atoms with Gasteiger partial charge in [-0.1, -0.05) is 48.5 Å². The minimum Gasteiger partial charge on any atom is -0.490 e. The summed E-state index contributed by atoms with van der Waals surface area (Å²) in [5.41, 5.74) is 1.54. The molecule has 0 aliphatic heterocycles. The van der Waals surface area contributed by atoms with Gasteiger partial charge in [0.1, 0.15) is 18.5 Å². The zero-order valence-electron chi connectivity index (χ0n) is 10.9. The summed E-state index contributed by atoms with van der Waals surface area (Å²) in [6, 6.07) is 16.7. The highest BCUT2D eigenvalue weighted by Gasteiger charge is 2.11. The van der Waals surface area contributed by atoms with Crippen molar-refractivity contribution in [1.29, 1.82) is 0 Å². The van der Waals surface area contributed by atoms with E-state index in [4.69, 9.17) is 4.74 Å². The molecule has 3 nitrogen and oxygen atoms in total. The van der Waals surface area contributed by atoms with Crippen molar-refractivity contribution in [2.24, 2.45) is 0 Å². The van der Waals surface area contributed by atoms with Crippen molar-refractivity contribution in [3.05, 3.63) is 65.7 Å². The van der Waals surface area contributed by atoms with Crippen LogP contribution in [-0.2, 0) is 0 Å². The van der Waals surface area contributed by atoms with E-state index in [1.807, 2.05) is 48.5 Å². The van der Waals surface area contributed by atoms with Crippen LogP contribution in [0, 0.1) is 0 Å². The topological polar surface area (TPSA) is 49.7 Å². The Morgan fingerprint density at radius 1 is 0.947 bits per heavy atom. The monoisotopic (exact) mass is 258 g/mol. The molecule has 2 aromatic carbocycles. The van der Waals surface area contributed by atoms with Gasteiger partial charge in [-0.05, 0) is 18.6 Å². The lowest BCUT2D eigenvalue weighted by molar-refractivity contribution is 0.105. The molecule has 0 fully saturated rings. The van der Waals surface area contributed by atoms with Gasteiger partial charge >= 0.3 is 0 Å². The standard InChI is InChI=1S/C16H18O3/c1-12(17)14-9-5-6-10-16(14)19-11-15(18)13-7-3-2-4-8-13/h2-10,12,15,17-18H,11H2,1H3/t12-,15?/m1/s1. The number of hydrogen-bond donors (Lipinski definition) is 2. The molecule has 0 heterocycles. The van der Waals surface area contributed by atoms with E-state index < -0.39 is 12.2 Å². The summed E-state index contributed by atoms with van der Waals surface area (Å²) < 4.78 is 5.60. The maximum atomic E-state index is 10.0. The van der Waals surface area contributed by atoms with Crippen LogP contribution in [0.3, 0.4) is 0 Å². The van der Waals surface area contributed by atoms with Gasteiger partial charge in [0.25, 0.3) is 0 Å². The van der Waals surface area contributed by atoms with Gasteiger partial charge in [0.2, 0.25) is 0 Å². The predicted octanol–water partition coefficient (Wildman–Crippen LogP) is 2.85. The summed E-state index contributed by atoms with van der Waals surface area (Å²) in [5, 5.41) is 19.7. The summed E-state index contributed by atoms with van der Waals surface area (Å²) in [4.78, 5) is 0. The third kappa shape index (κ3) is 3.56. The van der Waals surface area contributed by atoms with Gasteiger partial charge in [-0.15, -0.1) is 0 Å². The molecule has 1 unspecified atom stereocenters. The van der Waals surface area contributed by atoms with Gasteiger partial charge in [-0.2, -0.15) is 0 Å². The minimum absolute atomic E-state index is 0.160. The highest BCUT2D eigenvalue weighted by atomic mass is 16.5. The summed E-state index contributed by atoms with van der Waals surface area (Å²) in [6.45, 7) is 1.85. The quantitative estimate of drug-likeness (QED) is 0.867. The van der Waals surface area contributed by atoms with E-state index in [1.165, 1.54) is 0 Å². The molecular weight excluding hydrogens is 240 g/mol. The Bertz CT molecular complexity index is 508. The van der Waals surface area contributed by atoms with E-state index in [0.717, 1.165) is 11.1 Å². The summed E-state index contributed by atoms with van der Waals surface area (Å²) in [5.74, 6) is 0.604. The lowest BCUT2D eigenvalue weighted by Gasteiger charge is -2.16. The second-order valence-corrected chi connectivity index (χ2v) is 4.45. The second-order valence-electron chi connectivity index (χ2n) is 4.45. The number of benzene rings is 2. The molecule has 3 heteroatoms. The zero-order chi connectivity index (χ0) is 13.7. The molecule has 2 aromatic rings. The van der Waals surface area contributed by atoms with Crippen LogP contribution in [0.4, 0.5) is 0 Å². The Morgan fingerprint density at radius 3 is 2.26 bits per heavy atom. The summed E-state index contributed by atoms with van der Waals surface area (Å²) in [6.07, 6.45) is -1.27. The molecule has 19 heavy (non-hydrogen) atoms. The molecule has 0 amide bonds. The first-order chi connectivity index (χ1) is 9.18. The van der Waals surface area contributed by atoms with Crippen molar-refractivity contribution in [1.82, 2.24) is 0 Å². The Labute approximate surface area is 113 Å². The third-order valence-corrected chi connectivity index (χ3v) is 2.95. The van der Waals surface area contributed by atoms with E-state index in [-0.39, 0.29) is 6.61 Å². The van der Waals surface area contributed by atoms with Crippen molar-refractivity contribution < 1.29 is 14.9 Å². The second kappa shape index (κ2) is 6.36. The molecule has 0 bridgehead atoms. The molecule has 0 aliphatic carbocycles. The molecule has 2 atom stereocenters. The molecule has 0 spiro atoms. The lowest BCUT2D eigenvalue weighted by Crippen LogP contribution is -2.11. The van der Waals surface area contributed by atoms with Gasteiger partial charge in [0, 0.05) is 5.56 Å². The number of ether oxygens (including phenoxy) is 1. The molecule has 0 aliphatic rings. The Kier molecular flexibility index (Phi) is 4.55. The Hall–Kier alpha value is -1.84. The van der Waals surface area contributed by atoms with Crippen molar-refractivity contribution in [2.45, 2.75) is 19.1 Å². The predicted molar refractivity (Wildman–Crippen MR) is 74.0 cm³/mol. The first-order valence-electron chi connectivity index (χ1n) is 6.31. The fourth-order valence-corrected chi connectivity index (χ4v) is 1.90. The van der Waals surface area contributed by atoms with Crippen LogP contribution in [0.2, 0.25) is 0 Å². The van der Waals surface area contributed by atoms with Gasteiger partial charge in [0.05, 0.1) is 6.10 Å². The SMILES string of the molecule is C[C@@H](O)c1ccccc1OCC(O)c1ccccc1. The normalized spacial score (nSPS) is 13.8. The minimum atomic E-state index is -0.678. The molecule has 0 radical (unpaired) electrons. The van der Waals surface area contributed by atoms with Crippen LogP contribution in [0.1, 0.15) is 30.3 Å². The number of para-hydroxylation sites is 1. The van der Waals surface area contributed by atoms with Crippen molar-refractivity contribution in [3.63, 3.8) is 0 Å². The molecule has 100 valence electrons. The van der Waals surface area contributed by atoms with E-state index in [0.29, 0.717) is 5.75 Å². The average Bonchev–Trinajstić information content (AvgIpc) is 2.46. The zero-order valence-corrected chi connectivity index (χ0v) is 10.9. The van der Waals surface area contributed by atoms with Gasteiger partial charge in [0.15, 0.2) is 0 Å². The van der Waals surface area contributed by atoms with Crippen LogP contribution in [-0.4, -0.2) is 16.8 Å². The number of aliphatic hydroxyl groups excluding tert-OH is 2. The van der Waals surface area contributed by atoms with E-state index in [1.54, 1.807) is 13.0 Å². The van der Waals surface area contributed by atoms with E-state index in [2.05, 4.69) is 0 Å². The smallest absolute Gasteiger partial charge is 0.125 e. The highest BCUT2D eigenvalue weighted by Crippen LogP contribution is 2.25. The van der Waals surface area contributed by atoms with Crippen molar-refractivity contribution >= 4 is 0 Å². The fourth-order valence-electron chi connectivity index (χ4n) is 1.90. The highest BCUT2D eigenvalue weighted by molar-refractivity contribution is 5.34. The van der Waals surface area contributed by atoms with Crippen LogP contribution in [0.15, 0.2) is 54.6 Å². The van der Waals surface area contributed by atoms with Crippen molar-refractivity contribution in [2.75, 3.05) is 6.61 Å². The van der Waals surface area contributed by atoms with Gasteiger partial charge in [-0.25, -0.2) is 0 Å². The maximum absolute atomic E-state index is 10.0. The number of aliphatic hydroxyl groups is 2. The largest absolute Gasteiger partial charge is 0.490 e. The average molecular weight is 258 g/mol. The third-order valence-electron chi connectivity index (χ3n) is 2.95. The molecular formula is C16H18O3. The summed E-state index contributed by atoms with van der Waals surface area (Å²) >= 11 is 0. The van der Waals surface area contributed by atoms with Crippen LogP contribution in [0.5, 0.6) is 5.75 Å². The summed E-state index contributed by atoms with van der Waals surface area (Å²) in [7, 11) is 0. The van der Waals surface area contributed by atoms with Crippen LogP contribution in [0.25, 0.3) is 0 Å². The molecule has 2 N–H and O–H groups in total. The first-order valence-corrected chi connectivity index (χ1v) is 6.31. The van der Waals surface area contributed by atoms with E-state index >= 15 is 0 Å². The molecule has 0 aromatic heterocycles. The number of hydrogen-bond acceptors (Lipinski definition) is 3. The maximum Gasteiger partial charge on any atom is 0.125 e. The Balaban J connectivity index is 2.03. The number of rotatable bonds is 5. The van der Waals surface area contributed by atoms with Crippen molar-refractivity contribution in [3.8, 4) is 5.75 Å². The van der Waals surface area contributed by atoms with Gasteiger partial charge in [-0.3, -0.25) is 0 Å². The van der Waals surface area contributed by atoms with E-state index in [9.17, 15) is 10.2 Å². The molecule has 0 saturated carbocycles. The fraction of sp³-hybridized carbons (Fsp3) is 0.250. The molecule has 0 saturated heterocycles. The van der Waals surface area contributed by atoms with Gasteiger partial charge < -0.3 is 14.9 Å². The van der Waals surface area contributed by atoms with Crippen LogP contribution < -0.4 is 4.74 Å². The molecule has 2 rings (SSSR count). The first kappa shape index (κ1) is 13.6. The lowest BCUT2D eigenvalue weighted by atomic mass is 10.1.